The number of nitrogens with zero attached hydrogens (tertiary/aromatic N) is 3. The number of aromatic nitrogens is 1. The lowest BCUT2D eigenvalue weighted by Crippen LogP contribution is -2.59. The molecule has 0 spiro atoms. The molecule has 3 amide bonds. The number of hydrogen-bond donors (Lipinski definition) is 2. The van der Waals surface area contributed by atoms with Crippen LogP contribution < -0.4 is 11.1 Å². The molecule has 0 radical (unpaired) electrons. The topological polar surface area (TPSA) is 118 Å². The second kappa shape index (κ2) is 11.1. The van der Waals surface area contributed by atoms with E-state index in [4.69, 9.17) is 22.1 Å². The van der Waals surface area contributed by atoms with Gasteiger partial charge in [-0.05, 0) is 43.0 Å². The maximum atomic E-state index is 12.4. The van der Waals surface area contributed by atoms with Crippen LogP contribution in [-0.2, 0) is 20.9 Å². The lowest BCUT2D eigenvalue weighted by Gasteiger charge is -2.46. The number of amides is 3. The van der Waals surface area contributed by atoms with Gasteiger partial charge in [-0.1, -0.05) is 35.9 Å². The maximum Gasteiger partial charge on any atom is 0.412 e. The fraction of sp³-hybridized carbons (Fsp3) is 0.391. The smallest absolute Gasteiger partial charge is 0.412 e. The Bertz CT molecular complexity index is 977. The van der Waals surface area contributed by atoms with E-state index in [0.29, 0.717) is 36.8 Å². The molecular formula is C23H28ClN5O4. The number of rotatable bonds is 8. The van der Waals surface area contributed by atoms with Gasteiger partial charge in [-0.15, -0.1) is 0 Å². The van der Waals surface area contributed by atoms with Gasteiger partial charge in [0, 0.05) is 30.9 Å². The van der Waals surface area contributed by atoms with Gasteiger partial charge in [0.25, 0.3) is 0 Å². The number of likely N-dealkylation sites (tertiary alicyclic amines) is 1. The summed E-state index contributed by atoms with van der Waals surface area (Å²) in [5.41, 5.74) is 6.44. The van der Waals surface area contributed by atoms with E-state index in [1.165, 1.54) is 0 Å². The number of halogens is 1. The van der Waals surface area contributed by atoms with Crippen molar-refractivity contribution in [3.8, 4) is 0 Å². The Morgan fingerprint density at radius 3 is 2.61 bits per heavy atom. The second-order valence-corrected chi connectivity index (χ2v) is 8.46. The van der Waals surface area contributed by atoms with Crippen molar-refractivity contribution < 1.29 is 19.1 Å². The van der Waals surface area contributed by atoms with E-state index in [9.17, 15) is 14.4 Å². The van der Waals surface area contributed by atoms with Crippen LogP contribution in [0.1, 0.15) is 24.0 Å². The Hall–Kier alpha value is -3.17. The standard InChI is InChI=1S/C23H28ClN5O4/c1-17-6-7-20(26-13-17)27-22(32)33-15-23(8-10-28(11-9-23)21(31)12-25)29(16-30)14-18-4-2-3-5-19(18)24/h2-7,13,16H,8-12,14-15,25H2,1H3,(H,26,27,32). The SMILES string of the molecule is Cc1ccc(NC(=O)OCC2(N(C=O)Cc3ccccc3Cl)CCN(C(=O)CN)CC2)nc1. The van der Waals surface area contributed by atoms with Crippen molar-refractivity contribution in [3.05, 3.63) is 58.7 Å². The Kier molecular flexibility index (Phi) is 8.24. The average molecular weight is 474 g/mol. The van der Waals surface area contributed by atoms with E-state index in [0.717, 1.165) is 17.5 Å². The molecule has 1 aromatic carbocycles. The summed E-state index contributed by atoms with van der Waals surface area (Å²) in [5, 5.41) is 3.14. The van der Waals surface area contributed by atoms with Crippen molar-refractivity contribution in [2.24, 2.45) is 5.73 Å². The quantitative estimate of drug-likeness (QED) is 0.569. The van der Waals surface area contributed by atoms with Crippen LogP contribution in [-0.4, -0.2) is 65.0 Å². The maximum absolute atomic E-state index is 12.4. The Morgan fingerprint density at radius 2 is 2.00 bits per heavy atom. The first kappa shape index (κ1) is 24.5. The van der Waals surface area contributed by atoms with E-state index < -0.39 is 11.6 Å². The summed E-state index contributed by atoms with van der Waals surface area (Å²) in [6.07, 6.45) is 2.57. The van der Waals surface area contributed by atoms with Crippen molar-refractivity contribution in [1.29, 1.82) is 0 Å². The van der Waals surface area contributed by atoms with E-state index >= 15 is 0 Å². The van der Waals surface area contributed by atoms with Gasteiger partial charge in [0.15, 0.2) is 0 Å². The van der Waals surface area contributed by atoms with Gasteiger partial charge in [-0.25, -0.2) is 9.78 Å². The van der Waals surface area contributed by atoms with Crippen molar-refractivity contribution in [3.63, 3.8) is 0 Å². The van der Waals surface area contributed by atoms with Gasteiger partial charge in [0.1, 0.15) is 12.4 Å². The molecule has 10 heteroatoms. The highest BCUT2D eigenvalue weighted by molar-refractivity contribution is 6.31. The molecule has 3 rings (SSSR count). The summed E-state index contributed by atoms with van der Waals surface area (Å²) in [5.74, 6) is 0.211. The van der Waals surface area contributed by atoms with E-state index in [1.54, 1.807) is 28.1 Å². The highest BCUT2D eigenvalue weighted by Crippen LogP contribution is 2.31. The normalized spacial score (nSPS) is 14.9. The molecule has 33 heavy (non-hydrogen) atoms. The van der Waals surface area contributed by atoms with E-state index in [1.807, 2.05) is 31.2 Å². The molecule has 0 saturated carbocycles. The number of carbonyl (C=O) groups excluding carboxylic acids is 3. The summed E-state index contributed by atoms with van der Waals surface area (Å²) >= 11 is 6.31. The zero-order chi connectivity index (χ0) is 23.8. The Balaban J connectivity index is 1.75. The van der Waals surface area contributed by atoms with E-state index in [2.05, 4.69) is 10.3 Å². The van der Waals surface area contributed by atoms with Crippen molar-refractivity contribution >= 4 is 35.8 Å². The third kappa shape index (κ3) is 6.21. The van der Waals surface area contributed by atoms with Gasteiger partial charge in [0.05, 0.1) is 12.1 Å². The number of benzene rings is 1. The fourth-order valence-corrected chi connectivity index (χ4v) is 4.02. The number of nitrogens with two attached hydrogens (primary N) is 1. The molecular weight excluding hydrogens is 446 g/mol. The zero-order valence-electron chi connectivity index (χ0n) is 18.5. The minimum Gasteiger partial charge on any atom is -0.447 e. The molecule has 176 valence electrons. The Labute approximate surface area is 197 Å². The molecule has 0 aliphatic carbocycles. The molecule has 2 aromatic rings. The molecule has 1 fully saturated rings. The summed E-state index contributed by atoms with van der Waals surface area (Å²) in [6.45, 7) is 2.82. The molecule has 2 heterocycles. The third-order valence-electron chi connectivity index (χ3n) is 5.87. The third-order valence-corrected chi connectivity index (χ3v) is 6.24. The van der Waals surface area contributed by atoms with Gasteiger partial charge >= 0.3 is 6.09 Å². The fourth-order valence-electron chi connectivity index (χ4n) is 3.83. The summed E-state index contributed by atoms with van der Waals surface area (Å²) in [4.78, 5) is 44.1. The summed E-state index contributed by atoms with van der Waals surface area (Å²) in [6, 6.07) is 10.8. The van der Waals surface area contributed by atoms with Gasteiger partial charge in [-0.2, -0.15) is 0 Å². The highest BCUT2D eigenvalue weighted by atomic mass is 35.5. The number of aryl methyl sites for hydroxylation is 1. The first-order valence-electron chi connectivity index (χ1n) is 10.7. The highest BCUT2D eigenvalue weighted by Gasteiger charge is 2.42. The van der Waals surface area contributed by atoms with Crippen LogP contribution in [0.3, 0.4) is 0 Å². The molecule has 1 aromatic heterocycles. The number of nitrogens with one attached hydrogen (secondary N) is 1. The Morgan fingerprint density at radius 1 is 1.27 bits per heavy atom. The van der Waals surface area contributed by atoms with Crippen molar-refractivity contribution in [2.45, 2.75) is 31.8 Å². The van der Waals surface area contributed by atoms with Crippen LogP contribution in [0.5, 0.6) is 0 Å². The lowest BCUT2D eigenvalue weighted by molar-refractivity contribution is -0.137. The first-order valence-corrected chi connectivity index (χ1v) is 11.0. The van der Waals surface area contributed by atoms with Crippen LogP contribution in [0.2, 0.25) is 5.02 Å². The lowest BCUT2D eigenvalue weighted by atomic mass is 9.86. The van der Waals surface area contributed by atoms with E-state index in [-0.39, 0.29) is 25.6 Å². The monoisotopic (exact) mass is 473 g/mol. The summed E-state index contributed by atoms with van der Waals surface area (Å²) < 4.78 is 5.54. The minimum absolute atomic E-state index is 0.0431. The molecule has 0 unspecified atom stereocenters. The molecule has 0 atom stereocenters. The number of hydrogen-bond acceptors (Lipinski definition) is 6. The van der Waals surface area contributed by atoms with Gasteiger partial charge in [0.2, 0.25) is 12.3 Å². The molecule has 1 aliphatic rings. The number of ether oxygens (including phenoxy) is 1. The van der Waals surface area contributed by atoms with Crippen molar-refractivity contribution in [2.75, 3.05) is 31.6 Å². The predicted octanol–water partition coefficient (Wildman–Crippen LogP) is 2.57. The van der Waals surface area contributed by atoms with Crippen LogP contribution in [0.4, 0.5) is 10.6 Å². The molecule has 9 nitrogen and oxygen atoms in total. The van der Waals surface area contributed by atoms with Gasteiger partial charge in [-0.3, -0.25) is 14.9 Å². The number of pyridine rings is 1. The van der Waals surface area contributed by atoms with Crippen molar-refractivity contribution in [1.82, 2.24) is 14.8 Å². The largest absolute Gasteiger partial charge is 0.447 e. The zero-order valence-corrected chi connectivity index (χ0v) is 19.3. The average Bonchev–Trinajstić information content (AvgIpc) is 2.83. The number of piperidine rings is 1. The van der Waals surface area contributed by atoms with Crippen LogP contribution >= 0.6 is 11.6 Å². The van der Waals surface area contributed by atoms with Gasteiger partial charge < -0.3 is 20.3 Å². The second-order valence-electron chi connectivity index (χ2n) is 8.06. The molecule has 1 aliphatic heterocycles. The minimum atomic E-state index is -0.801. The number of anilines is 1. The van der Waals surface area contributed by atoms with Crippen LogP contribution in [0.15, 0.2) is 42.6 Å². The molecule has 0 bridgehead atoms. The van der Waals surface area contributed by atoms with Crippen LogP contribution in [0.25, 0.3) is 0 Å². The molecule has 3 N–H and O–H groups in total. The summed E-state index contributed by atoms with van der Waals surface area (Å²) in [7, 11) is 0. The molecule has 1 saturated heterocycles. The predicted molar refractivity (Wildman–Crippen MR) is 125 cm³/mol. The first-order chi connectivity index (χ1) is 15.9. The van der Waals surface area contributed by atoms with Crippen LogP contribution in [0, 0.1) is 6.92 Å². The number of carbonyl (C=O) groups is 3.